The fraction of sp³-hybridized carbons (Fsp3) is 0.412. The summed E-state index contributed by atoms with van der Waals surface area (Å²) in [7, 11) is 0. The molecular weight excluding hydrogens is 374 g/mol. The molecule has 0 unspecified atom stereocenters. The summed E-state index contributed by atoms with van der Waals surface area (Å²) in [5.74, 6) is 1.59. The molecule has 6 nitrogen and oxygen atoms in total. The predicted octanol–water partition coefficient (Wildman–Crippen LogP) is 3.50. The molecule has 3 rings (SSSR count). The highest BCUT2D eigenvalue weighted by molar-refractivity contribution is 9.10. The van der Waals surface area contributed by atoms with Gasteiger partial charge in [0.1, 0.15) is 11.8 Å². The van der Waals surface area contributed by atoms with Gasteiger partial charge in [-0.05, 0) is 38.1 Å². The Morgan fingerprint density at radius 1 is 1.29 bits per heavy atom. The summed E-state index contributed by atoms with van der Waals surface area (Å²) in [6.45, 7) is 5.51. The molecule has 1 aliphatic rings. The van der Waals surface area contributed by atoms with E-state index >= 15 is 0 Å². The van der Waals surface area contributed by atoms with Crippen molar-refractivity contribution < 1.29 is 13.9 Å². The maximum atomic E-state index is 9.33. The third-order valence-electron chi connectivity index (χ3n) is 3.64. The second-order valence-electron chi connectivity index (χ2n) is 5.78. The zero-order chi connectivity index (χ0) is 17.1. The van der Waals surface area contributed by atoms with Gasteiger partial charge < -0.3 is 18.8 Å². The van der Waals surface area contributed by atoms with Gasteiger partial charge in [0.15, 0.2) is 6.61 Å². The van der Waals surface area contributed by atoms with E-state index in [1.165, 1.54) is 0 Å². The molecule has 0 aliphatic carbocycles. The second-order valence-corrected chi connectivity index (χ2v) is 6.69. The van der Waals surface area contributed by atoms with Crippen LogP contribution in [-0.4, -0.2) is 30.3 Å². The highest BCUT2D eigenvalue weighted by Crippen LogP contribution is 2.26. The maximum absolute atomic E-state index is 9.33. The van der Waals surface area contributed by atoms with Gasteiger partial charge in [0, 0.05) is 17.6 Å². The Balaban J connectivity index is 1.73. The number of halogens is 1. The Bertz CT molecular complexity index is 729. The highest BCUT2D eigenvalue weighted by Gasteiger charge is 2.27. The third-order valence-corrected chi connectivity index (χ3v) is 4.17. The Kier molecular flexibility index (Phi) is 5.07. The lowest BCUT2D eigenvalue weighted by molar-refractivity contribution is -0.00651. The fourth-order valence-corrected chi connectivity index (χ4v) is 2.99. The molecule has 2 atom stereocenters. The molecular formula is C17H18BrN3O3. The van der Waals surface area contributed by atoms with Gasteiger partial charge >= 0.3 is 0 Å². The largest absolute Gasteiger partial charge is 0.484 e. The van der Waals surface area contributed by atoms with Crippen molar-refractivity contribution in [1.82, 2.24) is 4.98 Å². The number of ether oxygens (including phenoxy) is 2. The minimum atomic E-state index is 0.0767. The number of aromatic nitrogens is 1. The monoisotopic (exact) mass is 391 g/mol. The topological polar surface area (TPSA) is 71.5 Å². The summed E-state index contributed by atoms with van der Waals surface area (Å²) in [4.78, 5) is 6.25. The van der Waals surface area contributed by atoms with Crippen LogP contribution in [0.4, 0.5) is 5.88 Å². The van der Waals surface area contributed by atoms with Crippen molar-refractivity contribution >= 4 is 21.8 Å². The summed E-state index contributed by atoms with van der Waals surface area (Å²) in [5, 5.41) is 9.33. The van der Waals surface area contributed by atoms with Crippen molar-refractivity contribution in [3.05, 3.63) is 40.3 Å². The summed E-state index contributed by atoms with van der Waals surface area (Å²) in [5.41, 5.74) is 0.283. The number of hydrogen-bond donors (Lipinski definition) is 0. The molecule has 7 heteroatoms. The first-order valence-corrected chi connectivity index (χ1v) is 8.53. The van der Waals surface area contributed by atoms with E-state index in [-0.39, 0.29) is 24.5 Å². The molecule has 1 saturated heterocycles. The van der Waals surface area contributed by atoms with E-state index in [9.17, 15) is 5.26 Å². The number of nitriles is 1. The molecule has 24 heavy (non-hydrogen) atoms. The van der Waals surface area contributed by atoms with Crippen LogP contribution >= 0.6 is 15.9 Å². The number of benzene rings is 1. The molecule has 0 radical (unpaired) electrons. The van der Waals surface area contributed by atoms with Gasteiger partial charge in [-0.15, -0.1) is 0 Å². The molecule has 126 valence electrons. The van der Waals surface area contributed by atoms with E-state index < -0.39 is 0 Å². The van der Waals surface area contributed by atoms with Crippen LogP contribution < -0.4 is 9.64 Å². The quantitative estimate of drug-likeness (QED) is 0.793. The summed E-state index contributed by atoms with van der Waals surface area (Å²) >= 11 is 3.38. The molecule has 2 aromatic rings. The van der Waals surface area contributed by atoms with Crippen LogP contribution in [0.15, 0.2) is 33.2 Å². The second kappa shape index (κ2) is 7.24. The number of nitrogens with zero attached hydrogens (tertiary/aromatic N) is 3. The predicted molar refractivity (Wildman–Crippen MR) is 91.9 cm³/mol. The molecule has 0 saturated carbocycles. The number of oxazole rings is 1. The van der Waals surface area contributed by atoms with Crippen molar-refractivity contribution in [2.75, 3.05) is 18.0 Å². The highest BCUT2D eigenvalue weighted by atomic mass is 79.9. The van der Waals surface area contributed by atoms with Gasteiger partial charge in [-0.3, -0.25) is 0 Å². The van der Waals surface area contributed by atoms with Crippen LogP contribution in [0.5, 0.6) is 5.75 Å². The molecule has 0 N–H and O–H groups in total. The first-order chi connectivity index (χ1) is 11.5. The first-order valence-electron chi connectivity index (χ1n) is 7.73. The standard InChI is InChI=1S/C17H18BrN3O3/c1-11-8-21(9-12(2)23-11)17-15(7-19)20-16(24-17)10-22-14-5-3-13(18)4-6-14/h3-6,11-12H,8-10H2,1-2H3/t11-,12-/m1/s1. The van der Waals surface area contributed by atoms with Crippen molar-refractivity contribution in [2.45, 2.75) is 32.7 Å². The fourth-order valence-electron chi connectivity index (χ4n) is 2.72. The van der Waals surface area contributed by atoms with Gasteiger partial charge in [0.05, 0.1) is 12.2 Å². The molecule has 1 aromatic carbocycles. The molecule has 0 bridgehead atoms. The number of hydrogen-bond acceptors (Lipinski definition) is 6. The maximum Gasteiger partial charge on any atom is 0.236 e. The minimum absolute atomic E-state index is 0.0767. The zero-order valence-corrected chi connectivity index (χ0v) is 15.1. The Morgan fingerprint density at radius 3 is 2.58 bits per heavy atom. The Hall–Kier alpha value is -2.04. The molecule has 1 aliphatic heterocycles. The lowest BCUT2D eigenvalue weighted by Gasteiger charge is -2.34. The lowest BCUT2D eigenvalue weighted by Crippen LogP contribution is -2.45. The summed E-state index contributed by atoms with van der Waals surface area (Å²) in [6, 6.07) is 9.60. The number of rotatable bonds is 4. The lowest BCUT2D eigenvalue weighted by atomic mass is 10.2. The van der Waals surface area contributed by atoms with Crippen molar-refractivity contribution in [3.63, 3.8) is 0 Å². The summed E-state index contributed by atoms with van der Waals surface area (Å²) < 4.78 is 18.1. The van der Waals surface area contributed by atoms with Crippen LogP contribution in [0.1, 0.15) is 25.4 Å². The molecule has 0 amide bonds. The number of morpholine rings is 1. The minimum Gasteiger partial charge on any atom is -0.484 e. The normalized spacial score (nSPS) is 20.7. The third kappa shape index (κ3) is 3.89. The average molecular weight is 392 g/mol. The van der Waals surface area contributed by atoms with E-state index in [0.29, 0.717) is 30.6 Å². The van der Waals surface area contributed by atoms with E-state index in [4.69, 9.17) is 13.9 Å². The van der Waals surface area contributed by atoms with Gasteiger partial charge in [0.2, 0.25) is 17.5 Å². The van der Waals surface area contributed by atoms with E-state index in [2.05, 4.69) is 27.0 Å². The van der Waals surface area contributed by atoms with E-state index in [1.54, 1.807) is 0 Å². The van der Waals surface area contributed by atoms with Crippen LogP contribution in [0.25, 0.3) is 0 Å². The van der Waals surface area contributed by atoms with Gasteiger partial charge in [0.25, 0.3) is 0 Å². The van der Waals surface area contributed by atoms with Crippen molar-refractivity contribution in [3.8, 4) is 11.8 Å². The van der Waals surface area contributed by atoms with E-state index in [1.807, 2.05) is 43.0 Å². The number of anilines is 1. The molecule has 1 aromatic heterocycles. The first kappa shape index (κ1) is 16.8. The van der Waals surface area contributed by atoms with Crippen LogP contribution in [0, 0.1) is 11.3 Å². The Labute approximate surface area is 149 Å². The SMILES string of the molecule is C[C@@H]1CN(c2oc(COc3ccc(Br)cc3)nc2C#N)C[C@@H](C)O1. The zero-order valence-electron chi connectivity index (χ0n) is 13.5. The van der Waals surface area contributed by atoms with Crippen molar-refractivity contribution in [2.24, 2.45) is 0 Å². The van der Waals surface area contributed by atoms with Crippen molar-refractivity contribution in [1.29, 1.82) is 5.26 Å². The van der Waals surface area contributed by atoms with Crippen LogP contribution in [0.2, 0.25) is 0 Å². The van der Waals surface area contributed by atoms with Crippen LogP contribution in [0.3, 0.4) is 0 Å². The van der Waals surface area contributed by atoms with E-state index in [0.717, 1.165) is 4.47 Å². The Morgan fingerprint density at radius 2 is 1.96 bits per heavy atom. The average Bonchev–Trinajstić information content (AvgIpc) is 2.97. The molecule has 2 heterocycles. The summed E-state index contributed by atoms with van der Waals surface area (Å²) in [6.07, 6.45) is 0.153. The van der Waals surface area contributed by atoms with Gasteiger partial charge in [-0.25, -0.2) is 0 Å². The van der Waals surface area contributed by atoms with Gasteiger partial charge in [-0.1, -0.05) is 15.9 Å². The van der Waals surface area contributed by atoms with Gasteiger partial charge in [-0.2, -0.15) is 10.2 Å². The molecule has 0 spiro atoms. The van der Waals surface area contributed by atoms with Crippen LogP contribution in [-0.2, 0) is 11.3 Å². The molecule has 1 fully saturated rings. The smallest absolute Gasteiger partial charge is 0.236 e.